The maximum atomic E-state index is 10.8. The third-order valence-corrected chi connectivity index (χ3v) is 2.64. The summed E-state index contributed by atoms with van der Waals surface area (Å²) in [6.45, 7) is 0. The quantitative estimate of drug-likeness (QED) is 0.531. The number of rotatable bonds is 1. The lowest BCUT2D eigenvalue weighted by Gasteiger charge is -2.12. The molecule has 0 aromatic rings. The van der Waals surface area contributed by atoms with Crippen molar-refractivity contribution in [1.82, 2.24) is 0 Å². The van der Waals surface area contributed by atoms with Crippen LogP contribution in [0, 0.1) is 17.8 Å². The van der Waals surface area contributed by atoms with Crippen LogP contribution in [0.2, 0.25) is 0 Å². The summed E-state index contributed by atoms with van der Waals surface area (Å²) in [6, 6.07) is 0. The molecule has 3 atom stereocenters. The summed E-state index contributed by atoms with van der Waals surface area (Å²) in [5, 5.41) is 0. The van der Waals surface area contributed by atoms with Gasteiger partial charge in [-0.25, -0.2) is 0 Å². The lowest BCUT2D eigenvalue weighted by molar-refractivity contribution is -0.122. The van der Waals surface area contributed by atoms with Gasteiger partial charge in [-0.3, -0.25) is 4.79 Å². The molecule has 2 heteroatoms. The number of hydrogen-bond donors (Lipinski definition) is 1. The van der Waals surface area contributed by atoms with E-state index in [0.29, 0.717) is 11.8 Å². The highest BCUT2D eigenvalue weighted by Gasteiger charge is 2.38. The summed E-state index contributed by atoms with van der Waals surface area (Å²) in [7, 11) is 0. The molecule has 0 aromatic heterocycles. The molecule has 54 valence electrons. The van der Waals surface area contributed by atoms with Crippen LogP contribution in [0.3, 0.4) is 0 Å². The maximum Gasteiger partial charge on any atom is 0.221 e. The van der Waals surface area contributed by atoms with Crippen LogP contribution in [0.25, 0.3) is 0 Å². The zero-order valence-electron chi connectivity index (χ0n) is 5.79. The van der Waals surface area contributed by atoms with Crippen molar-refractivity contribution in [3.8, 4) is 0 Å². The number of primary amides is 1. The van der Waals surface area contributed by atoms with Gasteiger partial charge in [0.25, 0.3) is 0 Å². The normalized spacial score (nSPS) is 42.6. The molecule has 0 unspecified atom stereocenters. The topological polar surface area (TPSA) is 43.1 Å². The molecule has 2 N–H and O–H groups in total. The molecule has 0 saturated heterocycles. The molecule has 1 fully saturated rings. The van der Waals surface area contributed by atoms with E-state index in [4.69, 9.17) is 5.73 Å². The van der Waals surface area contributed by atoms with Crippen LogP contribution in [-0.2, 0) is 4.79 Å². The average Bonchev–Trinajstić information content (AvgIpc) is 2.44. The minimum absolute atomic E-state index is 0.114. The number of fused-ring (bicyclic) bond motifs is 2. The zero-order chi connectivity index (χ0) is 7.14. The molecule has 1 saturated carbocycles. The van der Waals surface area contributed by atoms with Gasteiger partial charge >= 0.3 is 0 Å². The molecular weight excluding hydrogens is 126 g/mol. The fourth-order valence-corrected chi connectivity index (χ4v) is 2.11. The van der Waals surface area contributed by atoms with Gasteiger partial charge in [0.15, 0.2) is 0 Å². The Morgan fingerprint density at radius 3 is 2.50 bits per heavy atom. The Hall–Kier alpha value is -0.790. The Kier molecular flexibility index (Phi) is 1.10. The Balaban J connectivity index is 2.16. The molecule has 1 amide bonds. The van der Waals surface area contributed by atoms with Crippen molar-refractivity contribution < 1.29 is 4.79 Å². The van der Waals surface area contributed by atoms with Crippen molar-refractivity contribution in [2.24, 2.45) is 23.5 Å². The zero-order valence-corrected chi connectivity index (χ0v) is 5.79. The van der Waals surface area contributed by atoms with Crippen LogP contribution in [0.5, 0.6) is 0 Å². The summed E-state index contributed by atoms with van der Waals surface area (Å²) in [4.78, 5) is 10.8. The number of carbonyl (C=O) groups is 1. The molecule has 2 nitrogen and oxygen atoms in total. The largest absolute Gasteiger partial charge is 0.369 e. The Labute approximate surface area is 60.1 Å². The second-order valence-corrected chi connectivity index (χ2v) is 3.29. The van der Waals surface area contributed by atoms with Gasteiger partial charge in [-0.15, -0.1) is 0 Å². The monoisotopic (exact) mass is 137 g/mol. The number of nitrogens with two attached hydrogens (primary N) is 1. The van der Waals surface area contributed by atoms with Crippen molar-refractivity contribution in [1.29, 1.82) is 0 Å². The maximum absolute atomic E-state index is 10.8. The summed E-state index contributed by atoms with van der Waals surface area (Å²) >= 11 is 0. The Morgan fingerprint density at radius 1 is 1.40 bits per heavy atom. The van der Waals surface area contributed by atoms with Crippen LogP contribution in [-0.4, -0.2) is 5.91 Å². The van der Waals surface area contributed by atoms with E-state index in [1.807, 2.05) is 0 Å². The SMILES string of the molecule is NC(=O)[C@H]1C[C@H]2C=C[C@@H]1C2. The van der Waals surface area contributed by atoms with E-state index < -0.39 is 0 Å². The van der Waals surface area contributed by atoms with Crippen molar-refractivity contribution in [2.75, 3.05) is 0 Å². The number of hydrogen-bond acceptors (Lipinski definition) is 1. The molecule has 10 heavy (non-hydrogen) atoms. The molecule has 0 aliphatic heterocycles. The fraction of sp³-hybridized carbons (Fsp3) is 0.625. The molecule has 2 rings (SSSR count). The van der Waals surface area contributed by atoms with Crippen molar-refractivity contribution in [3.05, 3.63) is 12.2 Å². The highest BCUT2D eigenvalue weighted by atomic mass is 16.1. The van der Waals surface area contributed by atoms with Crippen molar-refractivity contribution >= 4 is 5.91 Å². The number of carbonyl (C=O) groups excluding carboxylic acids is 1. The lowest BCUT2D eigenvalue weighted by atomic mass is 9.93. The summed E-state index contributed by atoms with van der Waals surface area (Å²) < 4.78 is 0. The first-order valence-electron chi connectivity index (χ1n) is 3.75. The molecule has 0 aromatic carbocycles. The van der Waals surface area contributed by atoms with Gasteiger partial charge in [-0.2, -0.15) is 0 Å². The molecular formula is C8H11NO. The standard InChI is InChI=1S/C8H11NO/c9-8(10)7-4-5-1-2-6(7)3-5/h1-2,5-7H,3-4H2,(H2,9,10)/t5-,6+,7-/m0/s1. The van der Waals surface area contributed by atoms with Crippen LogP contribution < -0.4 is 5.73 Å². The van der Waals surface area contributed by atoms with E-state index in [1.165, 1.54) is 0 Å². The predicted molar refractivity (Wildman–Crippen MR) is 38.0 cm³/mol. The summed E-state index contributed by atoms with van der Waals surface area (Å²) in [6.07, 6.45) is 6.51. The first kappa shape index (κ1) is 5.96. The second kappa shape index (κ2) is 1.84. The van der Waals surface area contributed by atoms with Gasteiger partial charge < -0.3 is 5.73 Å². The van der Waals surface area contributed by atoms with Crippen LogP contribution in [0.15, 0.2) is 12.2 Å². The second-order valence-electron chi connectivity index (χ2n) is 3.29. The van der Waals surface area contributed by atoms with Gasteiger partial charge in [0, 0.05) is 5.92 Å². The molecule has 2 aliphatic rings. The molecule has 0 spiro atoms. The van der Waals surface area contributed by atoms with E-state index in [-0.39, 0.29) is 11.8 Å². The van der Waals surface area contributed by atoms with Gasteiger partial charge in [0.2, 0.25) is 5.91 Å². The molecule has 0 radical (unpaired) electrons. The van der Waals surface area contributed by atoms with Crippen molar-refractivity contribution in [3.63, 3.8) is 0 Å². The van der Waals surface area contributed by atoms with Gasteiger partial charge in [0.1, 0.15) is 0 Å². The smallest absolute Gasteiger partial charge is 0.221 e. The Bertz CT molecular complexity index is 197. The third-order valence-electron chi connectivity index (χ3n) is 2.64. The lowest BCUT2D eigenvalue weighted by Crippen LogP contribution is -2.26. The van der Waals surface area contributed by atoms with E-state index in [2.05, 4.69) is 12.2 Å². The fourth-order valence-electron chi connectivity index (χ4n) is 2.11. The van der Waals surface area contributed by atoms with Crippen LogP contribution in [0.4, 0.5) is 0 Å². The molecule has 0 heterocycles. The van der Waals surface area contributed by atoms with E-state index >= 15 is 0 Å². The number of amides is 1. The highest BCUT2D eigenvalue weighted by molar-refractivity contribution is 5.78. The summed E-state index contributed by atoms with van der Waals surface area (Å²) in [5.74, 6) is 1.16. The predicted octanol–water partition coefficient (Wildman–Crippen LogP) is 0.684. The third kappa shape index (κ3) is 0.681. The van der Waals surface area contributed by atoms with Crippen molar-refractivity contribution in [2.45, 2.75) is 12.8 Å². The number of allylic oxidation sites excluding steroid dienone is 2. The van der Waals surface area contributed by atoms with Gasteiger partial charge in [-0.1, -0.05) is 12.2 Å². The average molecular weight is 137 g/mol. The van der Waals surface area contributed by atoms with E-state index in [0.717, 1.165) is 12.8 Å². The minimum Gasteiger partial charge on any atom is -0.369 e. The van der Waals surface area contributed by atoms with Gasteiger partial charge in [0.05, 0.1) is 0 Å². The van der Waals surface area contributed by atoms with Crippen LogP contribution >= 0.6 is 0 Å². The minimum atomic E-state index is -0.114. The molecule has 2 bridgehead atoms. The van der Waals surface area contributed by atoms with Crippen LogP contribution in [0.1, 0.15) is 12.8 Å². The first-order valence-corrected chi connectivity index (χ1v) is 3.75. The highest BCUT2D eigenvalue weighted by Crippen LogP contribution is 2.42. The van der Waals surface area contributed by atoms with E-state index in [9.17, 15) is 4.79 Å². The Morgan fingerprint density at radius 2 is 2.20 bits per heavy atom. The van der Waals surface area contributed by atoms with Gasteiger partial charge in [-0.05, 0) is 24.7 Å². The summed E-state index contributed by atoms with van der Waals surface area (Å²) in [5.41, 5.74) is 5.21. The van der Waals surface area contributed by atoms with E-state index in [1.54, 1.807) is 0 Å². The first-order chi connectivity index (χ1) is 4.77. The molecule has 2 aliphatic carbocycles.